The highest BCUT2D eigenvalue weighted by molar-refractivity contribution is 6.29. The molecule has 0 amide bonds. The molecule has 18 aromatic rings. The third kappa shape index (κ3) is 7.76. The molecule has 2 heteroatoms. The van der Waals surface area contributed by atoms with Crippen molar-refractivity contribution in [2.45, 2.75) is 38.5 Å². The van der Waals surface area contributed by atoms with Crippen molar-refractivity contribution in [2.75, 3.05) is 0 Å². The first-order chi connectivity index (χ1) is 47.2. The normalized spacial score (nSPS) is 13.6. The largest absolute Gasteiger partial charge is 0.309 e. The molecule has 0 atom stereocenters. The Balaban J connectivity index is 0.839. The second-order valence-electron chi connectivity index (χ2n) is 27.8. The van der Waals surface area contributed by atoms with Crippen molar-refractivity contribution in [3.05, 3.63) is 338 Å². The molecule has 0 radical (unpaired) electrons. The first kappa shape index (κ1) is 54.7. The number of nitrogens with zero attached hydrogens (tertiary/aromatic N) is 2. The molecule has 0 aliphatic heterocycles. The summed E-state index contributed by atoms with van der Waals surface area (Å²) in [7, 11) is 0. The summed E-state index contributed by atoms with van der Waals surface area (Å²) in [5.41, 5.74) is 29.7. The highest BCUT2D eigenvalue weighted by Gasteiger charge is 2.38. The summed E-state index contributed by atoms with van der Waals surface area (Å²) in [6.45, 7) is 9.54. The minimum atomic E-state index is -0.135. The Morgan fingerprint density at radius 1 is 0.188 bits per heavy atom. The lowest BCUT2D eigenvalue weighted by Crippen LogP contribution is -2.14. The van der Waals surface area contributed by atoms with Gasteiger partial charge in [-0.15, -0.1) is 0 Å². The number of hydrogen-bond acceptors (Lipinski definition) is 0. The molecule has 0 fully saturated rings. The van der Waals surface area contributed by atoms with Crippen LogP contribution in [0.2, 0.25) is 0 Å². The third-order valence-electron chi connectivity index (χ3n) is 22.1. The zero-order chi connectivity index (χ0) is 63.7. The summed E-state index contributed by atoms with van der Waals surface area (Å²) in [4.78, 5) is 0. The van der Waals surface area contributed by atoms with E-state index in [2.05, 4.69) is 352 Å². The molecule has 2 aromatic heterocycles. The van der Waals surface area contributed by atoms with E-state index < -0.39 is 0 Å². The smallest absolute Gasteiger partial charge is 0.0544 e. The van der Waals surface area contributed by atoms with Gasteiger partial charge in [0.15, 0.2) is 0 Å². The number of rotatable bonds is 7. The van der Waals surface area contributed by atoms with Crippen LogP contribution in [0.5, 0.6) is 0 Å². The third-order valence-corrected chi connectivity index (χ3v) is 22.1. The zero-order valence-corrected chi connectivity index (χ0v) is 53.9. The number of hydrogen-bond donors (Lipinski definition) is 0. The van der Waals surface area contributed by atoms with Crippen molar-refractivity contribution >= 4 is 86.7 Å². The molecule has 20 rings (SSSR count). The fourth-order valence-electron chi connectivity index (χ4n) is 17.6. The van der Waals surface area contributed by atoms with Crippen molar-refractivity contribution < 1.29 is 0 Å². The quantitative estimate of drug-likeness (QED) is 0.111. The predicted octanol–water partition coefficient (Wildman–Crippen LogP) is 25.4. The molecule has 0 spiro atoms. The van der Waals surface area contributed by atoms with Gasteiger partial charge in [0.25, 0.3) is 0 Å². The minimum Gasteiger partial charge on any atom is -0.309 e. The van der Waals surface area contributed by atoms with Gasteiger partial charge in [-0.1, -0.05) is 264 Å². The number of para-hydroxylation sites is 2. The van der Waals surface area contributed by atoms with Crippen LogP contribution in [0.15, 0.2) is 315 Å². The summed E-state index contributed by atoms with van der Waals surface area (Å²) < 4.78 is 5.00. The van der Waals surface area contributed by atoms with E-state index in [-0.39, 0.29) is 10.8 Å². The second kappa shape index (κ2) is 20.3. The highest BCUT2D eigenvalue weighted by atomic mass is 15.0. The summed E-state index contributed by atoms with van der Waals surface area (Å²) in [5, 5.41) is 14.8. The van der Waals surface area contributed by atoms with Crippen LogP contribution in [-0.2, 0) is 10.8 Å². The maximum atomic E-state index is 2.57. The molecule has 0 unspecified atom stereocenters. The maximum absolute atomic E-state index is 2.57. The topological polar surface area (TPSA) is 9.86 Å². The molecule has 96 heavy (non-hydrogen) atoms. The Morgan fingerprint density at radius 3 is 1.06 bits per heavy atom. The Hall–Kier alpha value is -11.8. The predicted molar refractivity (Wildman–Crippen MR) is 407 cm³/mol. The standard InChI is InChI=1S/C94H64N2/c1-93(2)81-38-19-15-31-66(81)74-52-76-68-33-17-21-40-85(68)95(87(76)55-83(74)93)63-46-42-59(43-47-63)89-71-36-13-14-37-72(71)90(60-44-48-64(49-45-60)96-86-41-22-18-34-69(86)77-53-75-67-32-16-20-39-82(67)94(3,4)84(75)56-88(77)96)80-54-78-73(51-79(80)89)65-30-11-12-35-70(65)92(91(78)58-26-9-6-10-27-58)62-29-23-28-61(50-62)57-24-7-5-8-25-57/h5-56H,1-4H3. The molecule has 0 N–H and O–H groups in total. The summed E-state index contributed by atoms with van der Waals surface area (Å²) in [6, 6.07) is 119. The molecule has 0 bridgehead atoms. The van der Waals surface area contributed by atoms with Gasteiger partial charge in [0.05, 0.1) is 22.1 Å². The Morgan fingerprint density at radius 2 is 0.552 bits per heavy atom. The average Bonchev–Trinajstić information content (AvgIpc) is 1.29. The first-order valence-electron chi connectivity index (χ1n) is 33.8. The van der Waals surface area contributed by atoms with Gasteiger partial charge in [0.2, 0.25) is 0 Å². The van der Waals surface area contributed by atoms with Crippen molar-refractivity contribution in [1.82, 2.24) is 9.13 Å². The SMILES string of the molecule is CC1(C)c2ccccc2-c2cc3c4ccccc4n(-c4ccc(-c5c6ccccc6c(-c6ccc(-n7c8ccccc8c8cc9c(cc87)C(C)(C)c7ccccc7-9)cc6)c6cc7c(cc56)c(-c5ccccc5)c(-c5cccc(-c6ccccc6)c5)c5ccccc57)cc4)c3cc21. The van der Waals surface area contributed by atoms with Crippen LogP contribution in [0.3, 0.4) is 0 Å². The van der Waals surface area contributed by atoms with Gasteiger partial charge in [-0.25, -0.2) is 0 Å². The van der Waals surface area contributed by atoms with Crippen molar-refractivity contribution in [3.63, 3.8) is 0 Å². The molecule has 2 aliphatic rings. The summed E-state index contributed by atoms with van der Waals surface area (Å²) in [6.07, 6.45) is 0. The van der Waals surface area contributed by atoms with Crippen LogP contribution in [0.1, 0.15) is 49.9 Å². The van der Waals surface area contributed by atoms with Crippen LogP contribution < -0.4 is 0 Å². The lowest BCUT2D eigenvalue weighted by Gasteiger charge is -2.23. The average molecular weight is 1220 g/mol. The molecule has 2 nitrogen and oxygen atoms in total. The zero-order valence-electron chi connectivity index (χ0n) is 53.9. The van der Waals surface area contributed by atoms with Crippen LogP contribution in [0, 0.1) is 0 Å². The molecule has 2 heterocycles. The number of aromatic nitrogens is 2. The maximum Gasteiger partial charge on any atom is 0.0544 e. The van der Waals surface area contributed by atoms with Crippen molar-refractivity contribution in [3.8, 4) is 89.3 Å². The van der Waals surface area contributed by atoms with Gasteiger partial charge in [0, 0.05) is 43.7 Å². The van der Waals surface area contributed by atoms with Gasteiger partial charge in [-0.05, 0) is 222 Å². The molecule has 16 aromatic carbocycles. The van der Waals surface area contributed by atoms with Gasteiger partial charge in [-0.2, -0.15) is 0 Å². The first-order valence-corrected chi connectivity index (χ1v) is 33.8. The van der Waals surface area contributed by atoms with E-state index >= 15 is 0 Å². The van der Waals surface area contributed by atoms with Crippen molar-refractivity contribution in [1.29, 1.82) is 0 Å². The van der Waals surface area contributed by atoms with Crippen molar-refractivity contribution in [2.24, 2.45) is 0 Å². The van der Waals surface area contributed by atoms with Gasteiger partial charge in [-0.3, -0.25) is 0 Å². The van der Waals surface area contributed by atoms with E-state index in [1.807, 2.05) is 0 Å². The van der Waals surface area contributed by atoms with Crippen LogP contribution in [0.25, 0.3) is 176 Å². The number of fused-ring (bicyclic) bond motifs is 17. The van der Waals surface area contributed by atoms with Gasteiger partial charge in [0.1, 0.15) is 0 Å². The van der Waals surface area contributed by atoms with E-state index in [1.165, 1.54) is 187 Å². The Labute approximate surface area is 557 Å². The second-order valence-corrected chi connectivity index (χ2v) is 27.8. The fraction of sp³-hybridized carbons (Fsp3) is 0.0638. The number of benzene rings is 16. The molecular formula is C94H64N2. The van der Waals surface area contributed by atoms with Gasteiger partial charge < -0.3 is 9.13 Å². The molecule has 0 saturated carbocycles. The molecule has 0 saturated heterocycles. The minimum absolute atomic E-state index is 0.133. The van der Waals surface area contributed by atoms with E-state index in [0.717, 1.165) is 11.4 Å². The van der Waals surface area contributed by atoms with E-state index in [9.17, 15) is 0 Å². The van der Waals surface area contributed by atoms with Crippen LogP contribution >= 0.6 is 0 Å². The molecule has 2 aliphatic carbocycles. The van der Waals surface area contributed by atoms with E-state index in [0.29, 0.717) is 0 Å². The fourth-order valence-corrected chi connectivity index (χ4v) is 17.6. The molecule has 450 valence electrons. The Kier molecular flexibility index (Phi) is 11.6. The lowest BCUT2D eigenvalue weighted by molar-refractivity contribution is 0.661. The Bertz CT molecular complexity index is 6330. The van der Waals surface area contributed by atoms with Gasteiger partial charge >= 0.3 is 0 Å². The van der Waals surface area contributed by atoms with Crippen LogP contribution in [0.4, 0.5) is 0 Å². The van der Waals surface area contributed by atoms with E-state index in [1.54, 1.807) is 0 Å². The lowest BCUT2D eigenvalue weighted by atomic mass is 9.80. The highest BCUT2D eigenvalue weighted by Crippen LogP contribution is 2.55. The van der Waals surface area contributed by atoms with E-state index in [4.69, 9.17) is 0 Å². The molecular weight excluding hydrogens is 1160 g/mol. The monoisotopic (exact) mass is 1220 g/mol. The summed E-state index contributed by atoms with van der Waals surface area (Å²) in [5.74, 6) is 0. The summed E-state index contributed by atoms with van der Waals surface area (Å²) >= 11 is 0. The van der Waals surface area contributed by atoms with Crippen LogP contribution in [-0.4, -0.2) is 9.13 Å².